The van der Waals surface area contributed by atoms with Gasteiger partial charge in [0.1, 0.15) is 18.0 Å². The number of hydrogen-bond acceptors (Lipinski definition) is 4. The molecule has 8 heteroatoms. The predicted molar refractivity (Wildman–Crippen MR) is 75.8 cm³/mol. The van der Waals surface area contributed by atoms with Crippen molar-refractivity contribution in [3.05, 3.63) is 41.2 Å². The first kappa shape index (κ1) is 14.9. The molecular weight excluding hydrogens is 298 g/mol. The molecule has 0 aliphatic carbocycles. The highest BCUT2D eigenvalue weighted by molar-refractivity contribution is 6.32. The first-order valence-corrected chi connectivity index (χ1v) is 6.27. The fraction of sp³-hybridized carbons (Fsp3) is 0.154. The van der Waals surface area contributed by atoms with E-state index in [1.807, 2.05) is 0 Å². The minimum absolute atomic E-state index is 0.0575. The van der Waals surface area contributed by atoms with Gasteiger partial charge in [0.05, 0.1) is 12.1 Å². The molecule has 7 nitrogen and oxygen atoms in total. The zero-order valence-electron chi connectivity index (χ0n) is 11.0. The molecule has 0 spiro atoms. The summed E-state index contributed by atoms with van der Waals surface area (Å²) in [6.07, 6.45) is 1.32. The minimum Gasteiger partial charge on any atom is -0.495 e. The number of benzene rings is 1. The second-order valence-corrected chi connectivity index (χ2v) is 4.48. The third-order valence-corrected chi connectivity index (χ3v) is 2.96. The first-order valence-electron chi connectivity index (χ1n) is 5.89. The third-order valence-electron chi connectivity index (χ3n) is 2.66. The number of aromatic nitrogens is 2. The van der Waals surface area contributed by atoms with Gasteiger partial charge < -0.3 is 15.2 Å². The van der Waals surface area contributed by atoms with Crippen molar-refractivity contribution in [3.63, 3.8) is 0 Å². The number of nitrogens with zero attached hydrogens (tertiary/aromatic N) is 2. The number of halogens is 1. The number of carboxylic acids is 1. The van der Waals surface area contributed by atoms with Crippen molar-refractivity contribution in [1.29, 1.82) is 0 Å². The molecule has 2 aromatic rings. The molecule has 0 saturated carbocycles. The molecule has 110 valence electrons. The Labute approximate surface area is 125 Å². The molecule has 2 rings (SSSR count). The summed E-state index contributed by atoms with van der Waals surface area (Å²) in [6.45, 7) is -0.210. The lowest BCUT2D eigenvalue weighted by atomic mass is 10.3. The Kier molecular flexibility index (Phi) is 4.44. The Morgan fingerprint density at radius 1 is 1.43 bits per heavy atom. The van der Waals surface area contributed by atoms with Gasteiger partial charge >= 0.3 is 5.97 Å². The van der Waals surface area contributed by atoms with Crippen LogP contribution in [0.15, 0.2) is 30.5 Å². The average molecular weight is 310 g/mol. The molecule has 1 heterocycles. The molecule has 2 N–H and O–H groups in total. The van der Waals surface area contributed by atoms with Gasteiger partial charge in [0.15, 0.2) is 0 Å². The normalized spacial score (nSPS) is 10.2. The topological polar surface area (TPSA) is 93.5 Å². The van der Waals surface area contributed by atoms with Crippen molar-refractivity contribution in [3.8, 4) is 5.75 Å². The highest BCUT2D eigenvalue weighted by Gasteiger charge is 2.13. The number of carbonyl (C=O) groups is 2. The van der Waals surface area contributed by atoms with E-state index in [1.54, 1.807) is 18.2 Å². The maximum Gasteiger partial charge on any atom is 0.354 e. The Hall–Kier alpha value is -2.54. The van der Waals surface area contributed by atoms with E-state index in [-0.39, 0.29) is 12.2 Å². The third kappa shape index (κ3) is 3.51. The lowest BCUT2D eigenvalue weighted by Crippen LogP contribution is -2.22. The van der Waals surface area contributed by atoms with Crippen LogP contribution in [0.25, 0.3) is 0 Å². The summed E-state index contributed by atoms with van der Waals surface area (Å²) >= 11 is 5.95. The van der Waals surface area contributed by atoms with Gasteiger partial charge in [-0.3, -0.25) is 4.79 Å². The van der Waals surface area contributed by atoms with Crippen molar-refractivity contribution < 1.29 is 19.4 Å². The quantitative estimate of drug-likeness (QED) is 0.879. The van der Waals surface area contributed by atoms with E-state index in [0.717, 1.165) is 4.68 Å². The van der Waals surface area contributed by atoms with Crippen molar-refractivity contribution in [2.45, 2.75) is 6.54 Å². The summed E-state index contributed by atoms with van der Waals surface area (Å²) < 4.78 is 6.11. The van der Waals surface area contributed by atoms with E-state index in [9.17, 15) is 9.59 Å². The second kappa shape index (κ2) is 6.27. The molecule has 1 aromatic carbocycles. The highest BCUT2D eigenvalue weighted by atomic mass is 35.5. The van der Waals surface area contributed by atoms with Crippen LogP contribution in [-0.4, -0.2) is 33.9 Å². The Morgan fingerprint density at radius 3 is 2.81 bits per heavy atom. The van der Waals surface area contributed by atoms with Crippen molar-refractivity contribution in [2.75, 3.05) is 12.4 Å². The molecule has 0 atom stereocenters. The van der Waals surface area contributed by atoms with Crippen LogP contribution in [0.2, 0.25) is 5.02 Å². The van der Waals surface area contributed by atoms with Crippen LogP contribution >= 0.6 is 11.6 Å². The lowest BCUT2D eigenvalue weighted by Gasteiger charge is -2.09. The Bertz CT molecular complexity index is 684. The zero-order chi connectivity index (χ0) is 15.4. The number of amides is 1. The van der Waals surface area contributed by atoms with Gasteiger partial charge in [-0.15, -0.1) is 0 Å². The number of nitrogens with one attached hydrogen (secondary N) is 1. The molecule has 0 aliphatic rings. The van der Waals surface area contributed by atoms with Crippen LogP contribution in [0.5, 0.6) is 5.75 Å². The average Bonchev–Trinajstić information content (AvgIpc) is 2.87. The summed E-state index contributed by atoms with van der Waals surface area (Å²) in [5.74, 6) is -1.06. The van der Waals surface area contributed by atoms with Crippen molar-refractivity contribution in [2.24, 2.45) is 0 Å². The largest absolute Gasteiger partial charge is 0.495 e. The van der Waals surface area contributed by atoms with Gasteiger partial charge in [-0.1, -0.05) is 11.6 Å². The molecule has 21 heavy (non-hydrogen) atoms. The second-order valence-electron chi connectivity index (χ2n) is 4.08. The molecule has 1 amide bonds. The van der Waals surface area contributed by atoms with Gasteiger partial charge in [-0.2, -0.15) is 5.10 Å². The number of aromatic carboxylic acids is 1. The lowest BCUT2D eigenvalue weighted by molar-refractivity contribution is -0.116. The SMILES string of the molecule is COc1ccc(NC(=O)Cn2nccc2C(=O)O)cc1Cl. The van der Waals surface area contributed by atoms with E-state index in [0.29, 0.717) is 16.5 Å². The Balaban J connectivity index is 2.06. The van der Waals surface area contributed by atoms with Crippen molar-refractivity contribution in [1.82, 2.24) is 9.78 Å². The molecule has 0 bridgehead atoms. The van der Waals surface area contributed by atoms with Crippen LogP contribution < -0.4 is 10.1 Å². The van der Waals surface area contributed by atoms with Gasteiger partial charge in [0.25, 0.3) is 0 Å². The Morgan fingerprint density at radius 2 is 2.19 bits per heavy atom. The standard InChI is InChI=1S/C13H12ClN3O4/c1-21-11-3-2-8(6-9(11)14)16-12(18)7-17-10(13(19)20)4-5-15-17/h2-6H,7H2,1H3,(H,16,18)(H,19,20). The molecule has 0 saturated heterocycles. The van der Waals surface area contributed by atoms with Gasteiger partial charge in [-0.05, 0) is 24.3 Å². The van der Waals surface area contributed by atoms with Crippen molar-refractivity contribution >= 4 is 29.2 Å². The summed E-state index contributed by atoms with van der Waals surface area (Å²) in [5, 5.41) is 15.7. The molecule has 1 aromatic heterocycles. The van der Waals surface area contributed by atoms with E-state index >= 15 is 0 Å². The van der Waals surface area contributed by atoms with Crippen LogP contribution in [0, 0.1) is 0 Å². The molecule has 0 fully saturated rings. The molecule has 0 unspecified atom stereocenters. The van der Waals surface area contributed by atoms with E-state index in [1.165, 1.54) is 19.4 Å². The van der Waals surface area contributed by atoms with Gasteiger partial charge in [-0.25, -0.2) is 9.48 Å². The summed E-state index contributed by atoms with van der Waals surface area (Å²) in [5.41, 5.74) is 0.424. The number of rotatable bonds is 5. The van der Waals surface area contributed by atoms with Crippen LogP contribution in [0.1, 0.15) is 10.5 Å². The van der Waals surface area contributed by atoms with Crippen LogP contribution in [-0.2, 0) is 11.3 Å². The van der Waals surface area contributed by atoms with Crippen LogP contribution in [0.4, 0.5) is 5.69 Å². The molecule has 0 radical (unpaired) electrons. The minimum atomic E-state index is -1.15. The number of methoxy groups -OCH3 is 1. The maximum atomic E-state index is 11.9. The monoisotopic (exact) mass is 309 g/mol. The zero-order valence-corrected chi connectivity index (χ0v) is 11.8. The summed E-state index contributed by atoms with van der Waals surface area (Å²) in [4.78, 5) is 22.8. The van der Waals surface area contributed by atoms with E-state index < -0.39 is 11.9 Å². The number of ether oxygens (including phenoxy) is 1. The number of anilines is 1. The molecule has 0 aliphatic heterocycles. The molecular formula is C13H12ClN3O4. The predicted octanol–water partition coefficient (Wildman–Crippen LogP) is 1.88. The number of hydrogen-bond donors (Lipinski definition) is 2. The van der Waals surface area contributed by atoms with Gasteiger partial charge in [0.2, 0.25) is 5.91 Å². The summed E-state index contributed by atoms with van der Waals surface area (Å²) in [6, 6.07) is 6.11. The summed E-state index contributed by atoms with van der Waals surface area (Å²) in [7, 11) is 1.49. The van der Waals surface area contributed by atoms with Crippen LogP contribution in [0.3, 0.4) is 0 Å². The van der Waals surface area contributed by atoms with E-state index in [4.69, 9.17) is 21.4 Å². The fourth-order valence-corrected chi connectivity index (χ4v) is 1.98. The number of carboxylic acid groups (broad SMARTS) is 1. The van der Waals surface area contributed by atoms with Gasteiger partial charge in [0, 0.05) is 11.9 Å². The number of carbonyl (C=O) groups excluding carboxylic acids is 1. The first-order chi connectivity index (χ1) is 10.0. The fourth-order valence-electron chi connectivity index (χ4n) is 1.72. The maximum absolute atomic E-state index is 11.9. The van der Waals surface area contributed by atoms with E-state index in [2.05, 4.69) is 10.4 Å². The highest BCUT2D eigenvalue weighted by Crippen LogP contribution is 2.27. The smallest absolute Gasteiger partial charge is 0.354 e.